The molecule has 2 unspecified atom stereocenters. The van der Waals surface area contributed by atoms with Gasteiger partial charge in [0.25, 0.3) is 0 Å². The first-order valence-corrected chi connectivity index (χ1v) is 9.85. The van der Waals surface area contributed by atoms with E-state index in [0.717, 1.165) is 18.4 Å². The summed E-state index contributed by atoms with van der Waals surface area (Å²) in [5, 5.41) is 3.54. The van der Waals surface area contributed by atoms with E-state index < -0.39 is 0 Å². The molecule has 4 rings (SSSR count). The number of hydrogen-bond donors (Lipinski definition) is 1. The summed E-state index contributed by atoms with van der Waals surface area (Å²) in [7, 11) is 0. The Balaban J connectivity index is 1.46. The van der Waals surface area contributed by atoms with Gasteiger partial charge in [0, 0.05) is 6.04 Å². The van der Waals surface area contributed by atoms with E-state index in [1.807, 2.05) is 42.5 Å². The first kappa shape index (κ1) is 18.5. The van der Waals surface area contributed by atoms with Gasteiger partial charge in [0.15, 0.2) is 0 Å². The molecular weight excluding hydrogens is 346 g/mol. The van der Waals surface area contributed by atoms with Gasteiger partial charge in [-0.2, -0.15) is 0 Å². The standard InChI is InChI=1S/C25H25NO2/c27-25(28-18-20-12-6-2-7-13-20)23-17-22(16-19-10-4-1-5-11-19)24(26-23)21-14-8-3-9-15-21/h1-15,22-24,26H,16-18H2/t22?,23-,24?/m0/s1. The Morgan fingerprint density at radius 2 is 1.39 bits per heavy atom. The second-order valence-electron chi connectivity index (χ2n) is 7.39. The van der Waals surface area contributed by atoms with Crippen LogP contribution in [0.5, 0.6) is 0 Å². The van der Waals surface area contributed by atoms with Crippen molar-refractivity contribution in [2.75, 3.05) is 0 Å². The van der Waals surface area contributed by atoms with Crippen molar-refractivity contribution in [3.05, 3.63) is 108 Å². The minimum atomic E-state index is -0.275. The van der Waals surface area contributed by atoms with Gasteiger partial charge in [-0.1, -0.05) is 91.0 Å². The molecule has 3 heteroatoms. The molecule has 1 aliphatic rings. The Hall–Kier alpha value is -2.91. The summed E-state index contributed by atoms with van der Waals surface area (Å²) in [5.74, 6) is 0.180. The van der Waals surface area contributed by atoms with Crippen LogP contribution in [0.2, 0.25) is 0 Å². The number of esters is 1. The number of carbonyl (C=O) groups is 1. The Morgan fingerprint density at radius 1 is 0.821 bits per heavy atom. The monoisotopic (exact) mass is 371 g/mol. The fourth-order valence-electron chi connectivity index (χ4n) is 4.00. The molecule has 0 bridgehead atoms. The van der Waals surface area contributed by atoms with Gasteiger partial charge in [0.2, 0.25) is 0 Å². The minimum Gasteiger partial charge on any atom is -0.460 e. The highest BCUT2D eigenvalue weighted by Crippen LogP contribution is 2.35. The van der Waals surface area contributed by atoms with Gasteiger partial charge in [-0.05, 0) is 35.4 Å². The Morgan fingerprint density at radius 3 is 2.04 bits per heavy atom. The van der Waals surface area contributed by atoms with Gasteiger partial charge in [-0.3, -0.25) is 10.1 Å². The number of ether oxygens (including phenoxy) is 1. The van der Waals surface area contributed by atoms with Crippen LogP contribution < -0.4 is 5.32 Å². The number of benzene rings is 3. The van der Waals surface area contributed by atoms with E-state index in [4.69, 9.17) is 4.74 Å². The lowest BCUT2D eigenvalue weighted by atomic mass is 9.88. The van der Waals surface area contributed by atoms with Crippen molar-refractivity contribution < 1.29 is 9.53 Å². The summed E-state index contributed by atoms with van der Waals surface area (Å²) in [5.41, 5.74) is 3.53. The second kappa shape index (κ2) is 8.85. The fraction of sp³-hybridized carbons (Fsp3) is 0.240. The molecule has 1 saturated heterocycles. The van der Waals surface area contributed by atoms with Crippen LogP contribution in [0.3, 0.4) is 0 Å². The highest BCUT2D eigenvalue weighted by molar-refractivity contribution is 5.76. The first-order valence-electron chi connectivity index (χ1n) is 9.85. The molecule has 1 fully saturated rings. The zero-order chi connectivity index (χ0) is 19.2. The summed E-state index contributed by atoms with van der Waals surface area (Å²) in [4.78, 5) is 12.7. The van der Waals surface area contributed by atoms with Crippen LogP contribution in [-0.4, -0.2) is 12.0 Å². The normalized spacial score (nSPS) is 21.4. The molecule has 142 valence electrons. The third kappa shape index (κ3) is 4.49. The van der Waals surface area contributed by atoms with E-state index in [-0.39, 0.29) is 18.1 Å². The number of rotatable bonds is 6. The van der Waals surface area contributed by atoms with Gasteiger partial charge in [-0.25, -0.2) is 0 Å². The SMILES string of the molecule is O=C(OCc1ccccc1)[C@@H]1CC(Cc2ccccc2)C(c2ccccc2)N1. The van der Waals surface area contributed by atoms with Crippen molar-refractivity contribution in [2.45, 2.75) is 31.5 Å². The molecule has 3 atom stereocenters. The molecule has 0 aromatic heterocycles. The van der Waals surface area contributed by atoms with Crippen LogP contribution in [0, 0.1) is 5.92 Å². The summed E-state index contributed by atoms with van der Waals surface area (Å²) in [6, 6.07) is 30.6. The Kier molecular flexibility index (Phi) is 5.83. The number of carbonyl (C=O) groups excluding carboxylic acids is 1. The lowest BCUT2D eigenvalue weighted by molar-refractivity contribution is -0.147. The van der Waals surface area contributed by atoms with Crippen molar-refractivity contribution in [3.8, 4) is 0 Å². The highest BCUT2D eigenvalue weighted by atomic mass is 16.5. The van der Waals surface area contributed by atoms with Crippen molar-refractivity contribution in [3.63, 3.8) is 0 Å². The lowest BCUT2D eigenvalue weighted by Crippen LogP contribution is -2.33. The number of hydrogen-bond acceptors (Lipinski definition) is 3. The molecule has 3 aromatic rings. The van der Waals surface area contributed by atoms with Gasteiger partial charge < -0.3 is 4.74 Å². The molecule has 0 radical (unpaired) electrons. The molecule has 3 nitrogen and oxygen atoms in total. The summed E-state index contributed by atoms with van der Waals surface area (Å²) >= 11 is 0. The van der Waals surface area contributed by atoms with E-state index in [1.165, 1.54) is 11.1 Å². The summed E-state index contributed by atoms with van der Waals surface area (Å²) < 4.78 is 5.59. The van der Waals surface area contributed by atoms with Crippen LogP contribution >= 0.6 is 0 Å². The molecule has 0 spiro atoms. The van der Waals surface area contributed by atoms with Crippen LogP contribution in [0.1, 0.15) is 29.2 Å². The van der Waals surface area contributed by atoms with E-state index in [1.54, 1.807) is 0 Å². The minimum absolute atomic E-state index is 0.149. The molecule has 3 aromatic carbocycles. The Labute approximate surface area is 166 Å². The predicted molar refractivity (Wildman–Crippen MR) is 111 cm³/mol. The average molecular weight is 371 g/mol. The topological polar surface area (TPSA) is 38.3 Å². The van der Waals surface area contributed by atoms with Crippen LogP contribution in [0.4, 0.5) is 0 Å². The lowest BCUT2D eigenvalue weighted by Gasteiger charge is -2.20. The van der Waals surface area contributed by atoms with Gasteiger partial charge in [0.1, 0.15) is 12.6 Å². The zero-order valence-electron chi connectivity index (χ0n) is 15.8. The van der Waals surface area contributed by atoms with Gasteiger partial charge >= 0.3 is 5.97 Å². The second-order valence-corrected chi connectivity index (χ2v) is 7.39. The van der Waals surface area contributed by atoms with Crippen molar-refractivity contribution in [2.24, 2.45) is 5.92 Å². The molecule has 1 aliphatic heterocycles. The molecule has 0 amide bonds. The summed E-state index contributed by atoms with van der Waals surface area (Å²) in [6.45, 7) is 0.317. The largest absolute Gasteiger partial charge is 0.460 e. The maximum atomic E-state index is 12.7. The van der Waals surface area contributed by atoms with Gasteiger partial charge in [0.05, 0.1) is 0 Å². The Bertz CT molecular complexity index is 880. The molecule has 1 heterocycles. The quantitative estimate of drug-likeness (QED) is 0.639. The fourth-order valence-corrected chi connectivity index (χ4v) is 4.00. The van der Waals surface area contributed by atoms with Crippen LogP contribution in [0.15, 0.2) is 91.0 Å². The number of nitrogens with one attached hydrogen (secondary N) is 1. The van der Waals surface area contributed by atoms with Crippen molar-refractivity contribution in [1.82, 2.24) is 5.32 Å². The molecule has 0 saturated carbocycles. The van der Waals surface area contributed by atoms with E-state index >= 15 is 0 Å². The van der Waals surface area contributed by atoms with Gasteiger partial charge in [-0.15, -0.1) is 0 Å². The maximum Gasteiger partial charge on any atom is 0.323 e. The average Bonchev–Trinajstić information content (AvgIpc) is 3.18. The zero-order valence-corrected chi connectivity index (χ0v) is 15.8. The highest BCUT2D eigenvalue weighted by Gasteiger charge is 2.38. The summed E-state index contributed by atoms with van der Waals surface area (Å²) in [6.07, 6.45) is 1.72. The third-order valence-electron chi connectivity index (χ3n) is 5.40. The van der Waals surface area contributed by atoms with Crippen molar-refractivity contribution >= 4 is 5.97 Å². The molecular formula is C25H25NO2. The molecule has 28 heavy (non-hydrogen) atoms. The van der Waals surface area contributed by atoms with Crippen LogP contribution in [0.25, 0.3) is 0 Å². The van der Waals surface area contributed by atoms with E-state index in [0.29, 0.717) is 12.5 Å². The first-order chi connectivity index (χ1) is 13.8. The van der Waals surface area contributed by atoms with Crippen molar-refractivity contribution in [1.29, 1.82) is 0 Å². The molecule has 0 aliphatic carbocycles. The predicted octanol–water partition coefficient (Wildman–Crippen LogP) is 4.69. The maximum absolute atomic E-state index is 12.7. The van der Waals surface area contributed by atoms with E-state index in [9.17, 15) is 4.79 Å². The molecule has 1 N–H and O–H groups in total. The van der Waals surface area contributed by atoms with Crippen LogP contribution in [-0.2, 0) is 22.6 Å². The smallest absolute Gasteiger partial charge is 0.323 e. The third-order valence-corrected chi connectivity index (χ3v) is 5.40. The van der Waals surface area contributed by atoms with E-state index in [2.05, 4.69) is 53.8 Å².